The van der Waals surface area contributed by atoms with Crippen molar-refractivity contribution >= 4 is 28.7 Å². The van der Waals surface area contributed by atoms with Gasteiger partial charge < -0.3 is 9.64 Å². The fourth-order valence-corrected chi connectivity index (χ4v) is 4.97. The third-order valence-electron chi connectivity index (χ3n) is 5.41. The van der Waals surface area contributed by atoms with E-state index in [4.69, 9.17) is 4.74 Å². The predicted molar refractivity (Wildman–Crippen MR) is 118 cm³/mol. The van der Waals surface area contributed by atoms with Crippen molar-refractivity contribution in [2.75, 3.05) is 18.8 Å². The highest BCUT2D eigenvalue weighted by Crippen LogP contribution is 2.29. The number of morpholine rings is 1. The average molecular weight is 435 g/mol. The molecule has 1 aliphatic rings. The Kier molecular flexibility index (Phi) is 7.02. The van der Waals surface area contributed by atoms with Gasteiger partial charge >= 0.3 is 5.69 Å². The molecule has 0 radical (unpaired) electrons. The van der Waals surface area contributed by atoms with E-state index in [1.165, 1.54) is 23.4 Å². The zero-order chi connectivity index (χ0) is 22.0. The second-order valence-electron chi connectivity index (χ2n) is 7.97. The summed E-state index contributed by atoms with van der Waals surface area (Å²) in [6, 6.07) is 0. The fourth-order valence-electron chi connectivity index (χ4n) is 3.86. The van der Waals surface area contributed by atoms with Crippen molar-refractivity contribution in [3.8, 4) is 0 Å². The first-order chi connectivity index (χ1) is 14.2. The monoisotopic (exact) mass is 434 g/mol. The summed E-state index contributed by atoms with van der Waals surface area (Å²) in [6.45, 7) is 7.17. The van der Waals surface area contributed by atoms with Crippen LogP contribution in [0.3, 0.4) is 0 Å². The zero-order valence-corrected chi connectivity index (χ0v) is 19.1. The van der Waals surface area contributed by atoms with E-state index in [1.807, 2.05) is 18.7 Å². The molecule has 2 aromatic heterocycles. The quantitative estimate of drug-likeness (QED) is 0.644. The lowest BCUT2D eigenvalue weighted by Gasteiger charge is -2.35. The van der Waals surface area contributed by atoms with Crippen molar-refractivity contribution in [2.24, 2.45) is 14.1 Å². The van der Waals surface area contributed by atoms with Gasteiger partial charge in [-0.15, -0.1) is 11.8 Å². The van der Waals surface area contributed by atoms with Crippen LogP contribution in [0.4, 0.5) is 0 Å². The standard InChI is InChI=1S/C21H30N4O4S/c1-6-7-8-15-9-22-19-17(20(27)24(5)21(28)23(19)4)18(15)30-12-16(26)25-10-13(2)29-14(3)11-25/h9,13-14H,6-8,10-12H2,1-5H3/t13-,14-/m0/s1. The minimum atomic E-state index is -0.412. The summed E-state index contributed by atoms with van der Waals surface area (Å²) in [5, 5.41) is 0.412. The van der Waals surface area contributed by atoms with E-state index < -0.39 is 5.69 Å². The molecule has 1 fully saturated rings. The Bertz CT molecular complexity index is 1050. The first-order valence-corrected chi connectivity index (χ1v) is 11.4. The van der Waals surface area contributed by atoms with Crippen LogP contribution in [0.1, 0.15) is 39.2 Å². The maximum atomic E-state index is 13.0. The van der Waals surface area contributed by atoms with Crippen LogP contribution in [0.2, 0.25) is 0 Å². The number of carbonyl (C=O) groups is 1. The van der Waals surface area contributed by atoms with Gasteiger partial charge in [-0.2, -0.15) is 0 Å². The van der Waals surface area contributed by atoms with Crippen LogP contribution in [-0.4, -0.2) is 56.0 Å². The second kappa shape index (κ2) is 9.34. The number of nitrogens with zero attached hydrogens (tertiary/aromatic N) is 4. The summed E-state index contributed by atoms with van der Waals surface area (Å²) in [7, 11) is 3.08. The van der Waals surface area contributed by atoms with E-state index in [2.05, 4.69) is 11.9 Å². The molecule has 0 aromatic carbocycles. The number of pyridine rings is 1. The summed E-state index contributed by atoms with van der Waals surface area (Å²) in [5.41, 5.74) is 0.515. The highest BCUT2D eigenvalue weighted by molar-refractivity contribution is 8.00. The number of aryl methyl sites for hydroxylation is 2. The molecule has 0 aliphatic carbocycles. The lowest BCUT2D eigenvalue weighted by Crippen LogP contribution is -2.48. The van der Waals surface area contributed by atoms with Crippen molar-refractivity contribution in [1.29, 1.82) is 0 Å². The Balaban J connectivity index is 1.99. The molecule has 0 N–H and O–H groups in total. The number of fused-ring (bicyclic) bond motifs is 1. The molecule has 0 spiro atoms. The Morgan fingerprint density at radius 2 is 1.87 bits per heavy atom. The minimum absolute atomic E-state index is 0.00592. The van der Waals surface area contributed by atoms with Gasteiger partial charge in [0.2, 0.25) is 5.91 Å². The number of amides is 1. The Labute approximate surface area is 180 Å². The van der Waals surface area contributed by atoms with E-state index in [9.17, 15) is 14.4 Å². The molecule has 3 heterocycles. The SMILES string of the molecule is CCCCc1cnc2c(c1SCC(=O)N1C[C@H](C)O[C@@H](C)C1)c(=O)n(C)c(=O)n2C. The Morgan fingerprint density at radius 3 is 2.50 bits per heavy atom. The van der Waals surface area contributed by atoms with E-state index in [1.54, 1.807) is 13.2 Å². The summed E-state index contributed by atoms with van der Waals surface area (Å²) in [5.74, 6) is 0.249. The van der Waals surface area contributed by atoms with Gasteiger partial charge in [0.25, 0.3) is 5.56 Å². The van der Waals surface area contributed by atoms with Gasteiger partial charge in [-0.25, -0.2) is 9.78 Å². The number of aromatic nitrogens is 3. The van der Waals surface area contributed by atoms with Gasteiger partial charge in [0, 0.05) is 38.3 Å². The smallest absolute Gasteiger partial charge is 0.332 e. The number of carbonyl (C=O) groups excluding carboxylic acids is 1. The van der Waals surface area contributed by atoms with Crippen LogP contribution < -0.4 is 11.2 Å². The number of thioether (sulfide) groups is 1. The number of unbranched alkanes of at least 4 members (excludes halogenated alkanes) is 1. The predicted octanol–water partition coefficient (Wildman–Crippen LogP) is 1.70. The van der Waals surface area contributed by atoms with E-state index in [0.717, 1.165) is 34.3 Å². The third kappa shape index (κ3) is 4.46. The topological polar surface area (TPSA) is 86.4 Å². The third-order valence-corrected chi connectivity index (χ3v) is 6.55. The summed E-state index contributed by atoms with van der Waals surface area (Å²) in [4.78, 5) is 45.2. The van der Waals surface area contributed by atoms with Crippen LogP contribution in [0.5, 0.6) is 0 Å². The molecule has 0 unspecified atom stereocenters. The molecular weight excluding hydrogens is 404 g/mol. The van der Waals surface area contributed by atoms with Crippen molar-refractivity contribution in [3.63, 3.8) is 0 Å². The molecule has 0 bridgehead atoms. The highest BCUT2D eigenvalue weighted by Gasteiger charge is 2.26. The molecule has 1 saturated heterocycles. The van der Waals surface area contributed by atoms with Crippen LogP contribution >= 0.6 is 11.8 Å². The van der Waals surface area contributed by atoms with Crippen molar-refractivity contribution in [2.45, 2.75) is 57.1 Å². The molecule has 164 valence electrons. The molecule has 3 rings (SSSR count). The number of hydrogen-bond donors (Lipinski definition) is 0. The second-order valence-corrected chi connectivity index (χ2v) is 8.95. The van der Waals surface area contributed by atoms with Crippen molar-refractivity contribution in [3.05, 3.63) is 32.6 Å². The molecular formula is C21H30N4O4S. The van der Waals surface area contributed by atoms with Gasteiger partial charge in [0.1, 0.15) is 5.65 Å². The molecule has 2 aromatic rings. The molecule has 1 amide bonds. The normalized spacial score (nSPS) is 19.4. The molecule has 0 saturated carbocycles. The van der Waals surface area contributed by atoms with E-state index in [0.29, 0.717) is 24.1 Å². The fraction of sp³-hybridized carbons (Fsp3) is 0.619. The van der Waals surface area contributed by atoms with Gasteiger partial charge in [0.05, 0.1) is 23.3 Å². The van der Waals surface area contributed by atoms with E-state index >= 15 is 0 Å². The summed E-state index contributed by atoms with van der Waals surface area (Å²) >= 11 is 1.37. The minimum Gasteiger partial charge on any atom is -0.372 e. The molecule has 9 heteroatoms. The molecule has 2 atom stereocenters. The van der Waals surface area contributed by atoms with Crippen LogP contribution in [-0.2, 0) is 30.0 Å². The highest BCUT2D eigenvalue weighted by atomic mass is 32.2. The van der Waals surface area contributed by atoms with Crippen LogP contribution in [0, 0.1) is 0 Å². The molecule has 1 aliphatic heterocycles. The maximum absolute atomic E-state index is 13.0. The van der Waals surface area contributed by atoms with Crippen molar-refractivity contribution < 1.29 is 9.53 Å². The van der Waals surface area contributed by atoms with Gasteiger partial charge in [-0.3, -0.25) is 18.7 Å². The van der Waals surface area contributed by atoms with Crippen molar-refractivity contribution in [1.82, 2.24) is 19.0 Å². The number of rotatable bonds is 6. The summed E-state index contributed by atoms with van der Waals surface area (Å²) in [6.07, 6.45) is 4.49. The lowest BCUT2D eigenvalue weighted by atomic mass is 10.1. The zero-order valence-electron chi connectivity index (χ0n) is 18.3. The largest absolute Gasteiger partial charge is 0.372 e. The lowest BCUT2D eigenvalue weighted by molar-refractivity contribution is -0.140. The maximum Gasteiger partial charge on any atom is 0.332 e. The van der Waals surface area contributed by atoms with Gasteiger partial charge in [0.15, 0.2) is 0 Å². The molecule has 8 nitrogen and oxygen atoms in total. The van der Waals surface area contributed by atoms with Gasteiger partial charge in [-0.05, 0) is 32.3 Å². The Morgan fingerprint density at radius 1 is 1.20 bits per heavy atom. The summed E-state index contributed by atoms with van der Waals surface area (Å²) < 4.78 is 8.21. The molecule has 30 heavy (non-hydrogen) atoms. The van der Waals surface area contributed by atoms with Crippen LogP contribution in [0.15, 0.2) is 20.7 Å². The first kappa shape index (κ1) is 22.6. The van der Waals surface area contributed by atoms with Crippen LogP contribution in [0.25, 0.3) is 11.0 Å². The number of ether oxygens (including phenoxy) is 1. The average Bonchev–Trinajstić information content (AvgIpc) is 2.72. The van der Waals surface area contributed by atoms with E-state index in [-0.39, 0.29) is 29.4 Å². The number of hydrogen-bond acceptors (Lipinski definition) is 6. The first-order valence-electron chi connectivity index (χ1n) is 10.4. The Hall–Kier alpha value is -2.13. The van der Waals surface area contributed by atoms with Gasteiger partial charge in [-0.1, -0.05) is 13.3 Å².